The molecule has 0 saturated carbocycles. The summed E-state index contributed by atoms with van der Waals surface area (Å²) in [5, 5.41) is 9.13. The SMILES string of the molecule is C=C(OC(=O)F)C(=O)Nc1ccc(Nc2nc(Nc3ccc(N4CCN(C)CC4)cc3OC)ncc2C2=CCOCC2)cc1. The molecule has 5 rings (SSSR count). The van der Waals surface area contributed by atoms with Crippen molar-refractivity contribution in [1.82, 2.24) is 14.9 Å². The lowest BCUT2D eigenvalue weighted by Crippen LogP contribution is -2.44. The van der Waals surface area contributed by atoms with Crippen molar-refractivity contribution in [2.45, 2.75) is 6.42 Å². The molecule has 1 aromatic heterocycles. The average molecular weight is 604 g/mol. The number of carbonyl (C=O) groups is 2. The van der Waals surface area contributed by atoms with E-state index in [-0.39, 0.29) is 0 Å². The van der Waals surface area contributed by atoms with Gasteiger partial charge in [-0.1, -0.05) is 6.08 Å². The first kappa shape index (κ1) is 30.4. The molecule has 13 heteroatoms. The predicted molar refractivity (Wildman–Crippen MR) is 167 cm³/mol. The molecule has 44 heavy (non-hydrogen) atoms. The van der Waals surface area contributed by atoms with Crippen molar-refractivity contribution in [3.05, 3.63) is 72.6 Å². The Bertz CT molecular complexity index is 1560. The number of amides is 1. The molecule has 2 aliphatic rings. The fourth-order valence-corrected chi connectivity index (χ4v) is 4.83. The molecule has 0 bridgehead atoms. The van der Waals surface area contributed by atoms with Crippen molar-refractivity contribution in [1.29, 1.82) is 0 Å². The van der Waals surface area contributed by atoms with Crippen LogP contribution < -0.4 is 25.6 Å². The van der Waals surface area contributed by atoms with Crippen LogP contribution in [0.3, 0.4) is 0 Å². The van der Waals surface area contributed by atoms with Gasteiger partial charge < -0.3 is 40.0 Å². The van der Waals surface area contributed by atoms with E-state index in [0.717, 1.165) is 48.7 Å². The normalized spacial score (nSPS) is 15.2. The van der Waals surface area contributed by atoms with E-state index in [0.29, 0.717) is 48.5 Å². The van der Waals surface area contributed by atoms with Crippen LogP contribution in [0.25, 0.3) is 5.57 Å². The molecule has 230 valence electrons. The van der Waals surface area contributed by atoms with E-state index in [4.69, 9.17) is 14.5 Å². The summed E-state index contributed by atoms with van der Waals surface area (Å²) in [5.74, 6) is 0.130. The molecule has 12 nitrogen and oxygen atoms in total. The molecule has 0 aliphatic carbocycles. The van der Waals surface area contributed by atoms with Crippen LogP contribution in [0, 0.1) is 0 Å². The van der Waals surface area contributed by atoms with E-state index >= 15 is 0 Å². The third kappa shape index (κ3) is 7.68. The van der Waals surface area contributed by atoms with Gasteiger partial charge in [0.25, 0.3) is 5.91 Å². The number of aromatic nitrogens is 2. The Morgan fingerprint density at radius 2 is 1.80 bits per heavy atom. The Morgan fingerprint density at radius 1 is 1.05 bits per heavy atom. The van der Waals surface area contributed by atoms with Crippen LogP contribution in [-0.4, -0.2) is 80.5 Å². The number of anilines is 6. The zero-order chi connectivity index (χ0) is 31.1. The van der Waals surface area contributed by atoms with E-state index < -0.39 is 17.9 Å². The molecule has 3 N–H and O–H groups in total. The van der Waals surface area contributed by atoms with Crippen molar-refractivity contribution in [2.75, 3.05) is 74.4 Å². The molecule has 2 aliphatic heterocycles. The summed E-state index contributed by atoms with van der Waals surface area (Å²) in [4.78, 5) is 36.6. The molecular weight excluding hydrogens is 569 g/mol. The summed E-state index contributed by atoms with van der Waals surface area (Å²) in [6, 6.07) is 12.8. The number of hydrogen-bond donors (Lipinski definition) is 3. The molecular formula is C31H34FN7O5. The topological polar surface area (TPSA) is 130 Å². The Balaban J connectivity index is 1.35. The van der Waals surface area contributed by atoms with Gasteiger partial charge in [-0.25, -0.2) is 9.78 Å². The van der Waals surface area contributed by atoms with Gasteiger partial charge in [0.15, 0.2) is 5.76 Å². The number of nitrogens with zero attached hydrogens (tertiary/aromatic N) is 4. The number of hydrogen-bond acceptors (Lipinski definition) is 11. The predicted octanol–water partition coefficient (Wildman–Crippen LogP) is 5.09. The second-order valence-electron chi connectivity index (χ2n) is 10.2. The van der Waals surface area contributed by atoms with Gasteiger partial charge >= 0.3 is 6.22 Å². The number of likely N-dealkylation sites (N-methyl/N-ethyl adjacent to an activating group) is 1. The average Bonchev–Trinajstić information content (AvgIpc) is 3.03. The van der Waals surface area contributed by atoms with Crippen molar-refractivity contribution < 1.29 is 28.2 Å². The Kier molecular flexibility index (Phi) is 9.67. The van der Waals surface area contributed by atoms with Gasteiger partial charge in [-0.3, -0.25) is 4.79 Å². The lowest BCUT2D eigenvalue weighted by Gasteiger charge is -2.34. The summed E-state index contributed by atoms with van der Waals surface area (Å²) in [7, 11) is 3.77. The minimum Gasteiger partial charge on any atom is -0.494 e. The lowest BCUT2D eigenvalue weighted by molar-refractivity contribution is -0.115. The molecule has 0 unspecified atom stereocenters. The first-order chi connectivity index (χ1) is 21.3. The maximum Gasteiger partial charge on any atom is 0.501 e. The molecule has 1 saturated heterocycles. The summed E-state index contributed by atoms with van der Waals surface area (Å²) in [5.41, 5.74) is 4.79. The monoisotopic (exact) mass is 603 g/mol. The molecule has 0 atom stereocenters. The van der Waals surface area contributed by atoms with Crippen LogP contribution in [0.5, 0.6) is 5.75 Å². The number of ether oxygens (including phenoxy) is 3. The highest BCUT2D eigenvalue weighted by Gasteiger charge is 2.18. The highest BCUT2D eigenvalue weighted by molar-refractivity contribution is 6.02. The smallest absolute Gasteiger partial charge is 0.494 e. The Hall–Kier alpha value is -5.01. The zero-order valence-electron chi connectivity index (χ0n) is 24.6. The van der Waals surface area contributed by atoms with E-state index in [9.17, 15) is 14.0 Å². The van der Waals surface area contributed by atoms with Crippen LogP contribution in [0.15, 0.2) is 67.1 Å². The zero-order valence-corrected chi connectivity index (χ0v) is 24.6. The first-order valence-electron chi connectivity index (χ1n) is 14.1. The van der Waals surface area contributed by atoms with Crippen LogP contribution in [0.2, 0.25) is 0 Å². The van der Waals surface area contributed by atoms with Crippen molar-refractivity contribution >= 4 is 52.2 Å². The van der Waals surface area contributed by atoms with Crippen LogP contribution in [0.1, 0.15) is 12.0 Å². The van der Waals surface area contributed by atoms with E-state index in [1.54, 1.807) is 37.6 Å². The minimum absolute atomic E-state index is 0.374. The maximum atomic E-state index is 12.4. The highest BCUT2D eigenvalue weighted by atomic mass is 19.1. The van der Waals surface area contributed by atoms with Crippen LogP contribution in [0.4, 0.5) is 43.7 Å². The largest absolute Gasteiger partial charge is 0.501 e. The van der Waals surface area contributed by atoms with Crippen molar-refractivity contribution in [3.8, 4) is 5.75 Å². The summed E-state index contributed by atoms with van der Waals surface area (Å²) < 4.78 is 27.7. The number of methoxy groups -OCH3 is 1. The molecule has 0 spiro atoms. The third-order valence-electron chi connectivity index (χ3n) is 7.26. The second-order valence-corrected chi connectivity index (χ2v) is 10.2. The van der Waals surface area contributed by atoms with Crippen LogP contribution >= 0.6 is 0 Å². The fraction of sp³-hybridized carbons (Fsp3) is 0.290. The van der Waals surface area contributed by atoms with Gasteiger partial charge in [0.05, 0.1) is 26.0 Å². The summed E-state index contributed by atoms with van der Waals surface area (Å²) in [6.07, 6.45) is 2.38. The van der Waals surface area contributed by atoms with Gasteiger partial charge in [0.1, 0.15) is 11.6 Å². The van der Waals surface area contributed by atoms with Gasteiger partial charge in [-0.15, -0.1) is 4.39 Å². The summed E-state index contributed by atoms with van der Waals surface area (Å²) in [6.45, 7) is 8.25. The first-order valence-corrected chi connectivity index (χ1v) is 14.1. The number of piperazine rings is 1. The number of halogens is 1. The third-order valence-corrected chi connectivity index (χ3v) is 7.26. The van der Waals surface area contributed by atoms with Gasteiger partial charge in [-0.05, 0) is 62.0 Å². The van der Waals surface area contributed by atoms with E-state index in [1.807, 2.05) is 18.2 Å². The van der Waals surface area contributed by atoms with E-state index in [2.05, 4.69) is 55.2 Å². The molecule has 0 radical (unpaired) electrons. The summed E-state index contributed by atoms with van der Waals surface area (Å²) >= 11 is 0. The van der Waals surface area contributed by atoms with Crippen molar-refractivity contribution in [3.63, 3.8) is 0 Å². The molecule has 3 heterocycles. The van der Waals surface area contributed by atoms with Crippen molar-refractivity contribution in [2.24, 2.45) is 0 Å². The van der Waals surface area contributed by atoms with Gasteiger partial charge in [0.2, 0.25) is 5.95 Å². The lowest BCUT2D eigenvalue weighted by atomic mass is 10.0. The maximum absolute atomic E-state index is 12.4. The Labute approximate surface area is 254 Å². The molecule has 1 amide bonds. The van der Waals surface area contributed by atoms with E-state index in [1.165, 1.54) is 0 Å². The second kappa shape index (κ2) is 14.0. The minimum atomic E-state index is -2.11. The van der Waals surface area contributed by atoms with Gasteiger partial charge in [-0.2, -0.15) is 4.98 Å². The highest BCUT2D eigenvalue weighted by Crippen LogP contribution is 2.34. The standard InChI is InChI=1S/C31H34FN7O5/c1-20(44-30(32)41)29(40)35-23-6-4-22(5-7-23)34-28-25(21-10-16-43-17-11-21)19-33-31(37-28)36-26-9-8-24(18-27(26)42-3)39-14-12-38(2)13-15-39/h4-10,18-19H,1,11-17H2,2-3H3,(H,35,40)(H2,33,34,36,37). The number of benzene rings is 2. The van der Waals surface area contributed by atoms with Gasteiger partial charge in [0, 0.05) is 61.1 Å². The fourth-order valence-electron chi connectivity index (χ4n) is 4.83. The molecule has 2 aromatic carbocycles. The molecule has 1 fully saturated rings. The number of nitrogens with one attached hydrogen (secondary N) is 3. The number of rotatable bonds is 10. The Morgan fingerprint density at radius 3 is 2.48 bits per heavy atom. The quantitative estimate of drug-likeness (QED) is 0.163. The number of carbonyl (C=O) groups excluding carboxylic acids is 2. The molecule has 3 aromatic rings. The van der Waals surface area contributed by atoms with Crippen LogP contribution in [-0.2, 0) is 14.3 Å².